The first-order valence-electron chi connectivity index (χ1n) is 5.30. The maximum atomic E-state index is 13.2. The average molecular weight is 244 g/mol. The van der Waals surface area contributed by atoms with E-state index in [0.717, 1.165) is 11.8 Å². The topological polar surface area (TPSA) is 63.3 Å². The zero-order chi connectivity index (χ0) is 12.7. The molecule has 0 saturated heterocycles. The molecule has 0 aliphatic rings. The van der Waals surface area contributed by atoms with Crippen molar-refractivity contribution in [1.29, 1.82) is 0 Å². The molecule has 0 radical (unpaired) electrons. The summed E-state index contributed by atoms with van der Waals surface area (Å²) >= 11 is 0. The second-order valence-corrected chi connectivity index (χ2v) is 3.95. The first-order valence-corrected chi connectivity index (χ1v) is 5.30. The van der Waals surface area contributed by atoms with Crippen LogP contribution in [0.2, 0.25) is 0 Å². The Kier molecular flexibility index (Phi) is 2.22. The second-order valence-electron chi connectivity index (χ2n) is 3.95. The molecule has 3 aromatic heterocycles. The van der Waals surface area contributed by atoms with Gasteiger partial charge in [0.2, 0.25) is 5.88 Å². The molecule has 3 heterocycles. The summed E-state index contributed by atoms with van der Waals surface area (Å²) in [5.41, 5.74) is 2.43. The van der Waals surface area contributed by atoms with E-state index in [2.05, 4.69) is 15.1 Å². The number of aryl methyl sites for hydroxylation is 1. The summed E-state index contributed by atoms with van der Waals surface area (Å²) in [5.74, 6) is -0.578. The van der Waals surface area contributed by atoms with Crippen LogP contribution in [0, 0.1) is 12.7 Å². The molecule has 0 fully saturated rings. The van der Waals surface area contributed by atoms with E-state index in [1.807, 2.05) is 6.92 Å². The summed E-state index contributed by atoms with van der Waals surface area (Å²) in [4.78, 5) is 7.77. The van der Waals surface area contributed by atoms with Crippen LogP contribution in [0.4, 0.5) is 4.39 Å². The minimum absolute atomic E-state index is 0.134. The molecule has 1 N–H and O–H groups in total. The molecular formula is C12H9FN4O. The molecule has 90 valence electrons. The molecule has 5 nitrogen and oxygen atoms in total. The second kappa shape index (κ2) is 3.76. The smallest absolute Gasteiger partial charge is 0.214 e. The molecule has 0 amide bonds. The van der Waals surface area contributed by atoms with Crippen molar-refractivity contribution >= 4 is 5.65 Å². The summed E-state index contributed by atoms with van der Waals surface area (Å²) in [6.45, 7) is 1.84. The van der Waals surface area contributed by atoms with E-state index in [4.69, 9.17) is 0 Å². The summed E-state index contributed by atoms with van der Waals surface area (Å²) in [7, 11) is 0. The highest BCUT2D eigenvalue weighted by Crippen LogP contribution is 2.24. The van der Waals surface area contributed by atoms with E-state index >= 15 is 0 Å². The van der Waals surface area contributed by atoms with E-state index in [-0.39, 0.29) is 5.88 Å². The van der Waals surface area contributed by atoms with Crippen molar-refractivity contribution < 1.29 is 9.50 Å². The summed E-state index contributed by atoms with van der Waals surface area (Å²) in [5, 5.41) is 13.8. The van der Waals surface area contributed by atoms with Gasteiger partial charge in [0.1, 0.15) is 5.82 Å². The van der Waals surface area contributed by atoms with E-state index in [1.165, 1.54) is 18.3 Å². The van der Waals surface area contributed by atoms with Gasteiger partial charge in [0, 0.05) is 23.4 Å². The third-order valence-electron chi connectivity index (χ3n) is 2.64. The van der Waals surface area contributed by atoms with Crippen LogP contribution < -0.4 is 0 Å². The van der Waals surface area contributed by atoms with E-state index in [0.29, 0.717) is 16.9 Å². The van der Waals surface area contributed by atoms with Gasteiger partial charge in [-0.1, -0.05) is 0 Å². The van der Waals surface area contributed by atoms with Gasteiger partial charge in [-0.25, -0.2) is 8.91 Å². The quantitative estimate of drug-likeness (QED) is 0.710. The van der Waals surface area contributed by atoms with Gasteiger partial charge < -0.3 is 5.11 Å². The van der Waals surface area contributed by atoms with Crippen molar-refractivity contribution in [3.05, 3.63) is 42.1 Å². The Morgan fingerprint density at radius 3 is 2.83 bits per heavy atom. The lowest BCUT2D eigenvalue weighted by atomic mass is 10.2. The maximum Gasteiger partial charge on any atom is 0.214 e. The highest BCUT2D eigenvalue weighted by Gasteiger charge is 2.11. The van der Waals surface area contributed by atoms with Gasteiger partial charge in [0.05, 0.1) is 18.1 Å². The minimum atomic E-state index is -0.444. The monoisotopic (exact) mass is 244 g/mol. The first kappa shape index (κ1) is 10.6. The van der Waals surface area contributed by atoms with Gasteiger partial charge in [-0.3, -0.25) is 4.98 Å². The van der Waals surface area contributed by atoms with Gasteiger partial charge in [-0.15, -0.1) is 0 Å². The minimum Gasteiger partial charge on any atom is -0.493 e. The summed E-state index contributed by atoms with van der Waals surface area (Å²) in [6, 6.07) is 2.76. The van der Waals surface area contributed by atoms with Crippen LogP contribution in [0.5, 0.6) is 5.88 Å². The van der Waals surface area contributed by atoms with Crippen molar-refractivity contribution in [1.82, 2.24) is 19.6 Å². The van der Waals surface area contributed by atoms with Gasteiger partial charge in [-0.2, -0.15) is 10.1 Å². The van der Waals surface area contributed by atoms with Gasteiger partial charge in [0.25, 0.3) is 0 Å². The van der Waals surface area contributed by atoms with Gasteiger partial charge in [-0.05, 0) is 13.0 Å². The zero-order valence-electron chi connectivity index (χ0n) is 9.50. The molecule has 18 heavy (non-hydrogen) atoms. The summed E-state index contributed by atoms with van der Waals surface area (Å²) in [6.07, 6.45) is 4.27. The van der Waals surface area contributed by atoms with Crippen molar-refractivity contribution in [3.63, 3.8) is 0 Å². The van der Waals surface area contributed by atoms with Crippen LogP contribution >= 0.6 is 0 Å². The van der Waals surface area contributed by atoms with Crippen molar-refractivity contribution in [2.45, 2.75) is 6.92 Å². The summed E-state index contributed by atoms with van der Waals surface area (Å²) < 4.78 is 14.7. The third kappa shape index (κ3) is 1.58. The van der Waals surface area contributed by atoms with Crippen LogP contribution in [0.15, 0.2) is 30.7 Å². The highest BCUT2D eigenvalue weighted by molar-refractivity contribution is 5.64. The van der Waals surface area contributed by atoms with Crippen molar-refractivity contribution in [2.75, 3.05) is 0 Å². The van der Waals surface area contributed by atoms with E-state index < -0.39 is 5.82 Å². The fourth-order valence-electron chi connectivity index (χ4n) is 1.82. The van der Waals surface area contributed by atoms with Gasteiger partial charge in [0.15, 0.2) is 5.65 Å². The fourth-order valence-corrected chi connectivity index (χ4v) is 1.82. The number of fused-ring (bicyclic) bond motifs is 1. The standard InChI is InChI=1S/C12H9FN4O/c1-7-4-15-17-10(3-11(18)16-12(7)17)8-2-9(13)6-14-5-8/h2-6H,1H3,(H,16,18). The number of pyridine rings is 1. The lowest BCUT2D eigenvalue weighted by Crippen LogP contribution is -1.97. The fraction of sp³-hybridized carbons (Fsp3) is 0.0833. The number of nitrogens with zero attached hydrogens (tertiary/aromatic N) is 4. The molecule has 0 aromatic carbocycles. The molecule has 6 heteroatoms. The zero-order valence-corrected chi connectivity index (χ0v) is 9.50. The van der Waals surface area contributed by atoms with Crippen LogP contribution in [-0.4, -0.2) is 24.7 Å². The number of halogens is 1. The normalized spacial score (nSPS) is 11.0. The molecule has 3 aromatic rings. The van der Waals surface area contributed by atoms with E-state index in [9.17, 15) is 9.50 Å². The van der Waals surface area contributed by atoms with E-state index in [1.54, 1.807) is 10.7 Å². The molecule has 0 atom stereocenters. The van der Waals surface area contributed by atoms with Crippen LogP contribution in [0.25, 0.3) is 16.9 Å². The number of rotatable bonds is 1. The third-order valence-corrected chi connectivity index (χ3v) is 2.64. The maximum absolute atomic E-state index is 13.2. The molecule has 0 bridgehead atoms. The van der Waals surface area contributed by atoms with Crippen molar-refractivity contribution in [3.8, 4) is 17.1 Å². The lowest BCUT2D eigenvalue weighted by Gasteiger charge is -2.05. The van der Waals surface area contributed by atoms with Gasteiger partial charge >= 0.3 is 0 Å². The average Bonchev–Trinajstić information content (AvgIpc) is 2.70. The predicted octanol–water partition coefficient (Wildman–Crippen LogP) is 1.94. The molecule has 0 saturated carbocycles. The molecular weight excluding hydrogens is 235 g/mol. The molecule has 0 spiro atoms. The van der Waals surface area contributed by atoms with Crippen molar-refractivity contribution in [2.24, 2.45) is 0 Å². The molecule has 0 aliphatic carbocycles. The molecule has 3 rings (SSSR count). The Balaban J connectivity index is 2.35. The lowest BCUT2D eigenvalue weighted by molar-refractivity contribution is 0.454. The van der Waals surface area contributed by atoms with Crippen LogP contribution in [0.3, 0.4) is 0 Å². The molecule has 0 unspecified atom stereocenters. The first-order chi connectivity index (χ1) is 8.65. The predicted molar refractivity (Wildman–Crippen MR) is 62.6 cm³/mol. The molecule has 0 aliphatic heterocycles. The van der Waals surface area contributed by atoms with Crippen LogP contribution in [-0.2, 0) is 0 Å². The number of hydrogen-bond donors (Lipinski definition) is 1. The highest BCUT2D eigenvalue weighted by atomic mass is 19.1. The Hall–Kier alpha value is -2.50. The Bertz CT molecular complexity index is 738. The SMILES string of the molecule is Cc1cnn2c(-c3cncc(F)c3)cc(O)nc12. The number of aromatic nitrogens is 4. The number of aromatic hydroxyl groups is 1. The largest absolute Gasteiger partial charge is 0.493 e. The Labute approximate surface area is 102 Å². The van der Waals surface area contributed by atoms with Crippen LogP contribution in [0.1, 0.15) is 5.56 Å². The Morgan fingerprint density at radius 2 is 2.06 bits per heavy atom. The Morgan fingerprint density at radius 1 is 1.22 bits per heavy atom. The number of hydrogen-bond acceptors (Lipinski definition) is 4.